The van der Waals surface area contributed by atoms with Crippen LogP contribution in [0.15, 0.2) is 113 Å². The van der Waals surface area contributed by atoms with Crippen molar-refractivity contribution >= 4 is 66.8 Å². The van der Waals surface area contributed by atoms with Gasteiger partial charge >= 0.3 is 0 Å². The zero-order valence-electron chi connectivity index (χ0n) is 57.8. The highest BCUT2D eigenvalue weighted by Crippen LogP contribution is 2.64. The summed E-state index contributed by atoms with van der Waals surface area (Å²) in [5, 5.41) is 24.4. The molecular formula is C75H97N4O17S3+. The van der Waals surface area contributed by atoms with Crippen molar-refractivity contribution in [1.82, 2.24) is 10.2 Å². The second-order valence-corrected chi connectivity index (χ2v) is 31.9. The molecule has 0 radical (unpaired) electrons. The van der Waals surface area contributed by atoms with Crippen molar-refractivity contribution in [1.29, 1.82) is 0 Å². The Morgan fingerprint density at radius 2 is 1.38 bits per heavy atom. The highest BCUT2D eigenvalue weighted by atomic mass is 32.2. The van der Waals surface area contributed by atoms with Gasteiger partial charge in [0.2, 0.25) is 23.4 Å². The van der Waals surface area contributed by atoms with Crippen LogP contribution in [-0.2, 0) is 75.6 Å². The van der Waals surface area contributed by atoms with Crippen molar-refractivity contribution in [2.24, 2.45) is 17.3 Å². The Morgan fingerprint density at radius 1 is 0.737 bits per heavy atom. The molecule has 3 aliphatic heterocycles. The number of imide groups is 1. The van der Waals surface area contributed by atoms with E-state index in [1.807, 2.05) is 98.7 Å². The quantitative estimate of drug-likeness (QED) is 0.00956. The molecule has 4 aromatic carbocycles. The molecule has 4 aromatic rings. The summed E-state index contributed by atoms with van der Waals surface area (Å²) in [6, 6.07) is 22.7. The molecule has 0 aromatic heterocycles. The van der Waals surface area contributed by atoms with Crippen molar-refractivity contribution in [3.8, 4) is 23.3 Å². The van der Waals surface area contributed by atoms with Gasteiger partial charge in [0.25, 0.3) is 20.2 Å². The van der Waals surface area contributed by atoms with Crippen molar-refractivity contribution in [2.75, 3.05) is 110 Å². The molecule has 0 bridgehead atoms. The number of aromatic hydroxyl groups is 1. The molecular weight excluding hydrogens is 1330 g/mol. The van der Waals surface area contributed by atoms with Gasteiger partial charge < -0.3 is 48.9 Å². The van der Waals surface area contributed by atoms with Gasteiger partial charge in [0.05, 0.1) is 81.6 Å². The van der Waals surface area contributed by atoms with Crippen molar-refractivity contribution < 1.29 is 83.5 Å². The topological polar surface area (TPSA) is 277 Å². The van der Waals surface area contributed by atoms with Crippen LogP contribution in [0.2, 0.25) is 0 Å². The molecule has 3 fully saturated rings. The zero-order valence-corrected chi connectivity index (χ0v) is 60.3. The summed E-state index contributed by atoms with van der Waals surface area (Å²) < 4.78 is 105. The molecule has 3 amide bonds. The molecule has 5 N–H and O–H groups in total. The number of unbranched alkanes of at least 4 members (excludes halogenated alkanes) is 2. The molecule has 6 atom stereocenters. The third kappa shape index (κ3) is 17.5. The predicted octanol–water partition coefficient (Wildman–Crippen LogP) is 9.86. The van der Waals surface area contributed by atoms with Crippen LogP contribution in [0.1, 0.15) is 139 Å². The monoisotopic (exact) mass is 1420 g/mol. The summed E-state index contributed by atoms with van der Waals surface area (Å²) in [7, 11) is -8.93. The first-order valence-corrected chi connectivity index (χ1v) is 38.6. The number of anilines is 1. The number of fused-ring (bicyclic) bond motifs is 7. The van der Waals surface area contributed by atoms with Gasteiger partial charge in [-0.05, 0) is 173 Å². The van der Waals surface area contributed by atoms with E-state index in [1.165, 1.54) is 52.1 Å². The standard InChI is InChI=1S/C75H96N4O17S3/c1-7-77-64-49-56(98(85,86)87)21-25-62(64)72(2,3)67(77)12-11-13-68-73(4,5)63-26-22-57(99(88,89)90)50-65(63)78(68)34-10-8-9-14-69(81)76-33-35-79-70(82)51-66(71(79)83)97-47-46-95-43-42-93-39-38-91-36-37-92-40-41-94-44-45-96-55-19-15-52(16-20-55)27-31-75(84)32-29-61-60-23-17-53-48-54(80)18-24-58(53)59(60)28-30-74(61,75)6/h11-13,15-16,18-22,24-26,48-50,59-61,66,84H,7-10,14,17,23,28-30,32-47,51H2,1-6H3,(H3-,76,80,81,85,86,87,88,89,90)/p+1/t59-,60-,61+,66?,74+,75+/m1/s1. The van der Waals surface area contributed by atoms with Gasteiger partial charge in [-0.1, -0.05) is 50.8 Å². The van der Waals surface area contributed by atoms with Crippen LogP contribution in [0.3, 0.4) is 0 Å². The van der Waals surface area contributed by atoms with E-state index in [-0.39, 0.29) is 58.9 Å². The number of ether oxygens (including phenoxy) is 6. The molecule has 3 aliphatic carbocycles. The summed E-state index contributed by atoms with van der Waals surface area (Å²) in [4.78, 5) is 41.8. The van der Waals surface area contributed by atoms with E-state index < -0.39 is 41.9 Å². The van der Waals surface area contributed by atoms with Crippen LogP contribution < -0.4 is 15.0 Å². The summed E-state index contributed by atoms with van der Waals surface area (Å²) in [6.45, 7) is 18.0. The number of likely N-dealkylation sites (N-methyl/N-ethyl adjacent to an activating group) is 1. The number of nitrogens with one attached hydrogen (secondary N) is 1. The summed E-state index contributed by atoms with van der Waals surface area (Å²) in [5.41, 5.74) is 6.03. The Bertz CT molecular complexity index is 3970. The molecule has 21 nitrogen and oxygen atoms in total. The van der Waals surface area contributed by atoms with Gasteiger partial charge in [-0.15, -0.1) is 11.8 Å². The van der Waals surface area contributed by atoms with Crippen LogP contribution in [0, 0.1) is 29.1 Å². The zero-order chi connectivity index (χ0) is 70.8. The fraction of sp³-hybridized carbons (Fsp3) is 0.547. The normalized spacial score (nSPS) is 23.3. The second kappa shape index (κ2) is 32.7. The van der Waals surface area contributed by atoms with E-state index in [4.69, 9.17) is 28.4 Å². The number of aliphatic hydroxyl groups is 1. The first-order valence-electron chi connectivity index (χ1n) is 34.7. The van der Waals surface area contributed by atoms with Crippen molar-refractivity contribution in [3.05, 3.63) is 131 Å². The van der Waals surface area contributed by atoms with Gasteiger partial charge in [0.1, 0.15) is 35.1 Å². The average molecular weight is 1420 g/mol. The van der Waals surface area contributed by atoms with Crippen LogP contribution in [0.25, 0.3) is 0 Å². The van der Waals surface area contributed by atoms with Crippen LogP contribution in [0.4, 0.5) is 11.4 Å². The van der Waals surface area contributed by atoms with E-state index >= 15 is 0 Å². The number of carbonyl (C=O) groups excluding carboxylic acids is 3. The molecule has 99 heavy (non-hydrogen) atoms. The molecule has 1 unspecified atom stereocenters. The molecule has 3 heterocycles. The third-order valence-corrected chi connectivity index (χ3v) is 23.8. The van der Waals surface area contributed by atoms with E-state index in [1.54, 1.807) is 12.1 Å². The molecule has 0 spiro atoms. The smallest absolute Gasteiger partial charge is 0.294 e. The molecule has 10 rings (SSSR count). The van der Waals surface area contributed by atoms with Crippen molar-refractivity contribution in [2.45, 2.75) is 150 Å². The van der Waals surface area contributed by atoms with E-state index in [2.05, 4.69) is 30.1 Å². The maximum absolute atomic E-state index is 13.2. The lowest BCUT2D eigenvalue weighted by atomic mass is 9.53. The number of rotatable bonds is 34. The van der Waals surface area contributed by atoms with E-state index in [9.17, 15) is 50.5 Å². The number of aryl methyl sites for hydroxylation is 1. The number of likely N-dealkylation sites (tertiary alicyclic amines) is 1. The van der Waals surface area contributed by atoms with Crippen LogP contribution >= 0.6 is 11.8 Å². The largest absolute Gasteiger partial charge is 0.508 e. The number of allylic oxidation sites excluding steroid dienone is 4. The van der Waals surface area contributed by atoms with Crippen LogP contribution in [-0.4, -0.2) is 185 Å². The number of phenolic OH excluding ortho intramolecular Hbond substituents is 1. The predicted molar refractivity (Wildman–Crippen MR) is 378 cm³/mol. The highest BCUT2D eigenvalue weighted by molar-refractivity contribution is 8.00. The number of hydrogen-bond acceptors (Lipinski definition) is 17. The lowest BCUT2D eigenvalue weighted by Gasteiger charge is -2.52. The highest BCUT2D eigenvalue weighted by Gasteiger charge is 2.61. The number of hydrogen-bond donors (Lipinski definition) is 5. The number of thioether (sulfide) groups is 1. The fourth-order valence-corrected chi connectivity index (χ4v) is 17.7. The number of amides is 3. The Balaban J connectivity index is 0.536. The third-order valence-electron chi connectivity index (χ3n) is 21.0. The Kier molecular flexibility index (Phi) is 24.8. The number of carbonyl (C=O) groups is 3. The number of phenols is 1. The van der Waals surface area contributed by atoms with Gasteiger partial charge in [0, 0.05) is 90.1 Å². The summed E-state index contributed by atoms with van der Waals surface area (Å²) >= 11 is 1.37. The van der Waals surface area contributed by atoms with Crippen molar-refractivity contribution in [3.63, 3.8) is 0 Å². The van der Waals surface area contributed by atoms with Gasteiger partial charge in [0.15, 0.2) is 5.71 Å². The average Bonchev–Trinajstić information content (AvgIpc) is 1.62. The minimum absolute atomic E-state index is 0.0732. The lowest BCUT2D eigenvalue weighted by molar-refractivity contribution is -0.438. The Morgan fingerprint density at radius 3 is 2.05 bits per heavy atom. The SMILES string of the molecule is CCN1/C(=C/C=C/C2=[N+](CCCCCC(=O)NCCN3C(=O)CC(SCCOCCOCCOCCOCCOCCOc4ccc(C#C[C@]5(O)CC[C@H]6[C@@H]7CCc8cc(O)ccc8[C@H]7CC[C@@]65C)cc4)C3=O)c3cc(S(=O)(=O)O)ccc3C2(C)C)C(C)(C)c2ccc(S(=O)(=O)O)cc21. The Labute approximate surface area is 587 Å². The number of nitrogens with zero attached hydrogens (tertiary/aromatic N) is 3. The van der Waals surface area contributed by atoms with Gasteiger partial charge in [-0.3, -0.25) is 28.4 Å². The maximum atomic E-state index is 13.2. The fourth-order valence-electron chi connectivity index (χ4n) is 15.7. The van der Waals surface area contributed by atoms with E-state index in [0.717, 1.165) is 66.0 Å². The summed E-state index contributed by atoms with van der Waals surface area (Å²) in [5.74, 6) is 8.86. The molecule has 24 heteroatoms. The second-order valence-electron chi connectivity index (χ2n) is 27.7. The first-order chi connectivity index (χ1) is 47.2. The first kappa shape index (κ1) is 75.2. The molecule has 6 aliphatic rings. The lowest BCUT2D eigenvalue weighted by Crippen LogP contribution is -2.50. The Hall–Kier alpha value is -6.47. The number of benzene rings is 4. The maximum Gasteiger partial charge on any atom is 0.294 e. The van der Waals surface area contributed by atoms with E-state index in [0.29, 0.717) is 152 Å². The molecule has 536 valence electrons. The van der Waals surface area contributed by atoms with Gasteiger partial charge in [-0.2, -0.15) is 21.4 Å². The minimum atomic E-state index is -4.51. The van der Waals surface area contributed by atoms with Crippen LogP contribution in [0.5, 0.6) is 11.5 Å². The summed E-state index contributed by atoms with van der Waals surface area (Å²) in [6.07, 6.45) is 13.7. The minimum Gasteiger partial charge on any atom is -0.508 e. The van der Waals surface area contributed by atoms with Gasteiger partial charge in [-0.25, -0.2) is 0 Å². The molecule has 1 saturated heterocycles. The molecule has 2 saturated carbocycles.